The number of aliphatic hydroxyl groups is 2. The molecule has 0 bridgehead atoms. The van der Waals surface area contributed by atoms with Crippen LogP contribution in [-0.4, -0.2) is 47.1 Å². The van der Waals surface area contributed by atoms with Crippen molar-refractivity contribution in [1.29, 1.82) is 0 Å². The zero-order chi connectivity index (χ0) is 30.4. The van der Waals surface area contributed by atoms with E-state index in [1.807, 2.05) is 6.07 Å². The molecule has 1 aromatic rings. The van der Waals surface area contributed by atoms with Crippen LogP contribution in [0.15, 0.2) is 30.3 Å². The van der Waals surface area contributed by atoms with Crippen molar-refractivity contribution in [2.45, 2.75) is 110 Å². The molecule has 0 aromatic heterocycles. The number of nitrogens with one attached hydrogen (secondary N) is 1. The van der Waals surface area contributed by atoms with E-state index in [0.717, 1.165) is 57.8 Å². The van der Waals surface area contributed by atoms with E-state index in [0.29, 0.717) is 47.5 Å². The van der Waals surface area contributed by atoms with Crippen LogP contribution in [0.1, 0.15) is 104 Å². The second-order valence-electron chi connectivity index (χ2n) is 14.9. The highest BCUT2D eigenvalue weighted by molar-refractivity contribution is 7.85. The summed E-state index contributed by atoms with van der Waals surface area (Å²) in [6.07, 6.45) is 8.72. The summed E-state index contributed by atoms with van der Waals surface area (Å²) in [7, 11) is -4.27. The molecule has 4 aliphatic rings. The Hall–Kier alpha value is -1.48. The zero-order valence-corrected chi connectivity index (χ0v) is 26.7. The maximum Gasteiger partial charge on any atom is 0.267 e. The molecule has 5 rings (SSSR count). The van der Waals surface area contributed by atoms with E-state index in [1.165, 1.54) is 0 Å². The van der Waals surface area contributed by atoms with Crippen LogP contribution < -0.4 is 5.32 Å². The minimum absolute atomic E-state index is 0.130. The molecule has 0 aliphatic heterocycles. The molecule has 0 heterocycles. The van der Waals surface area contributed by atoms with E-state index in [2.05, 4.69) is 33.0 Å². The maximum absolute atomic E-state index is 13.0. The molecule has 4 saturated carbocycles. The minimum atomic E-state index is -4.27. The number of hydrogen-bond donors (Lipinski definition) is 4. The Labute approximate surface area is 253 Å². The summed E-state index contributed by atoms with van der Waals surface area (Å²) in [6, 6.07) is 8.13. The molecule has 7 nitrogen and oxygen atoms in total. The van der Waals surface area contributed by atoms with Gasteiger partial charge in [0.2, 0.25) is 5.91 Å². The average molecular weight is 604 g/mol. The van der Waals surface area contributed by atoms with Crippen LogP contribution >= 0.6 is 0 Å². The van der Waals surface area contributed by atoms with Crippen LogP contribution in [0.2, 0.25) is 0 Å². The molecule has 4 aliphatic carbocycles. The van der Waals surface area contributed by atoms with Crippen molar-refractivity contribution in [3.63, 3.8) is 0 Å². The summed E-state index contributed by atoms with van der Waals surface area (Å²) in [4.78, 5) is 13.0. The van der Waals surface area contributed by atoms with Gasteiger partial charge in [0.25, 0.3) is 10.1 Å². The van der Waals surface area contributed by atoms with Crippen molar-refractivity contribution in [1.82, 2.24) is 5.32 Å². The second kappa shape index (κ2) is 12.1. The van der Waals surface area contributed by atoms with Gasteiger partial charge in [0.1, 0.15) is 0 Å². The minimum Gasteiger partial charge on any atom is -0.393 e. The van der Waals surface area contributed by atoms with Gasteiger partial charge in [-0.3, -0.25) is 9.35 Å². The first-order chi connectivity index (χ1) is 19.8. The highest BCUT2D eigenvalue weighted by atomic mass is 32.2. The Morgan fingerprint density at radius 3 is 2.33 bits per heavy atom. The molecule has 12 atom stereocenters. The van der Waals surface area contributed by atoms with Gasteiger partial charge < -0.3 is 15.5 Å². The highest BCUT2D eigenvalue weighted by Crippen LogP contribution is 2.69. The number of rotatable bonds is 9. The molecule has 4 fully saturated rings. The van der Waals surface area contributed by atoms with E-state index < -0.39 is 21.9 Å². The lowest BCUT2D eigenvalue weighted by molar-refractivity contribution is -0.203. The first-order valence-corrected chi connectivity index (χ1v) is 18.0. The van der Waals surface area contributed by atoms with Crippen LogP contribution in [0.4, 0.5) is 0 Å². The molecular weight excluding hydrogens is 550 g/mol. The monoisotopic (exact) mass is 603 g/mol. The van der Waals surface area contributed by atoms with Crippen LogP contribution in [0.5, 0.6) is 0 Å². The second-order valence-corrected chi connectivity index (χ2v) is 16.4. The Bertz CT molecular complexity index is 1210. The number of carbonyl (C=O) groups excluding carboxylic acids is 1. The molecule has 0 saturated heterocycles. The Morgan fingerprint density at radius 1 is 1.00 bits per heavy atom. The standard InChI is InChI=1S/C34H53NO6S/c1-5-24-28-19-23(36)15-17-34(28,4)27-16-18-33(3)25(12-13-26(33)31(27)32(24)38)21(2)11-14-30(37)35-29(20-42(39,40)41)22-9-7-6-8-10-22/h6-10,21,23-29,31-32,36,38H,5,11-20H2,1-4H3,(H,35,37)(H,39,40,41)/t21-,23-,24-,25-,26+,27+,28+,29-,31+,32-,33-,34-/m1/s1. The predicted molar refractivity (Wildman–Crippen MR) is 164 cm³/mol. The van der Waals surface area contributed by atoms with E-state index in [4.69, 9.17) is 0 Å². The van der Waals surface area contributed by atoms with E-state index in [-0.39, 0.29) is 34.9 Å². The first-order valence-electron chi connectivity index (χ1n) is 16.4. The Balaban J connectivity index is 1.26. The van der Waals surface area contributed by atoms with E-state index in [9.17, 15) is 28.0 Å². The van der Waals surface area contributed by atoms with Crippen molar-refractivity contribution in [3.05, 3.63) is 35.9 Å². The molecule has 0 radical (unpaired) electrons. The number of benzene rings is 1. The Morgan fingerprint density at radius 2 is 1.67 bits per heavy atom. The molecular formula is C34H53NO6S. The van der Waals surface area contributed by atoms with Crippen LogP contribution in [0.3, 0.4) is 0 Å². The Kier molecular flexibility index (Phi) is 9.22. The average Bonchev–Trinajstić information content (AvgIpc) is 3.29. The molecule has 1 aromatic carbocycles. The zero-order valence-electron chi connectivity index (χ0n) is 25.9. The largest absolute Gasteiger partial charge is 0.393 e. The quantitative estimate of drug-likeness (QED) is 0.266. The third kappa shape index (κ3) is 5.94. The normalized spacial score (nSPS) is 41.2. The van der Waals surface area contributed by atoms with Gasteiger partial charge in [-0.2, -0.15) is 8.42 Å². The van der Waals surface area contributed by atoms with Crippen molar-refractivity contribution >= 4 is 16.0 Å². The topological polar surface area (TPSA) is 124 Å². The summed E-state index contributed by atoms with van der Waals surface area (Å²) in [5.74, 6) is 1.97. The molecule has 0 unspecified atom stereocenters. The van der Waals surface area contributed by atoms with Gasteiger partial charge in [0, 0.05) is 6.42 Å². The fraction of sp³-hybridized carbons (Fsp3) is 0.794. The lowest BCUT2D eigenvalue weighted by atomic mass is 9.41. The molecule has 4 N–H and O–H groups in total. The highest BCUT2D eigenvalue weighted by Gasteiger charge is 2.64. The van der Waals surface area contributed by atoms with Gasteiger partial charge in [0.05, 0.1) is 24.0 Å². The van der Waals surface area contributed by atoms with Crippen LogP contribution in [-0.2, 0) is 14.9 Å². The smallest absolute Gasteiger partial charge is 0.267 e. The third-order valence-electron chi connectivity index (χ3n) is 12.9. The van der Waals surface area contributed by atoms with Crippen LogP contribution in [0.25, 0.3) is 0 Å². The molecule has 0 spiro atoms. The van der Waals surface area contributed by atoms with E-state index in [1.54, 1.807) is 24.3 Å². The summed E-state index contributed by atoms with van der Waals surface area (Å²) in [6.45, 7) is 9.39. The summed E-state index contributed by atoms with van der Waals surface area (Å²) >= 11 is 0. The number of amides is 1. The van der Waals surface area contributed by atoms with Crippen molar-refractivity contribution < 1.29 is 28.0 Å². The molecule has 42 heavy (non-hydrogen) atoms. The lowest BCUT2D eigenvalue weighted by Crippen LogP contribution is -2.62. The van der Waals surface area contributed by atoms with Gasteiger partial charge >= 0.3 is 0 Å². The van der Waals surface area contributed by atoms with Gasteiger partial charge in [-0.25, -0.2) is 0 Å². The van der Waals surface area contributed by atoms with Crippen LogP contribution in [0, 0.1) is 52.3 Å². The number of hydrogen-bond acceptors (Lipinski definition) is 5. The van der Waals surface area contributed by atoms with Crippen molar-refractivity contribution in [3.8, 4) is 0 Å². The predicted octanol–water partition coefficient (Wildman–Crippen LogP) is 5.77. The third-order valence-corrected chi connectivity index (χ3v) is 13.6. The SMILES string of the molecule is CC[C@H]1[C@@H](O)[C@@H]2[C@H](CC[C@]3(C)[C@@H]([C@H](C)CCC(=O)N[C@H](CS(=O)(=O)O)c4ccccc4)CC[C@@H]23)[C@@]2(C)CC[C@@H](O)C[C@@H]12. The summed E-state index contributed by atoms with van der Waals surface area (Å²) in [5.41, 5.74) is 0.967. The first kappa shape index (κ1) is 31.9. The van der Waals surface area contributed by atoms with Crippen molar-refractivity contribution in [2.24, 2.45) is 52.3 Å². The number of carbonyl (C=O) groups is 1. The van der Waals surface area contributed by atoms with Crippen molar-refractivity contribution in [2.75, 3.05) is 5.75 Å². The molecule has 8 heteroatoms. The molecule has 236 valence electrons. The van der Waals surface area contributed by atoms with E-state index >= 15 is 0 Å². The fourth-order valence-corrected chi connectivity index (χ4v) is 11.6. The fourth-order valence-electron chi connectivity index (χ4n) is 10.9. The molecule has 1 amide bonds. The van der Waals surface area contributed by atoms with Gasteiger partial charge in [-0.1, -0.05) is 64.4 Å². The number of fused-ring (bicyclic) bond motifs is 5. The van der Waals surface area contributed by atoms with Gasteiger partial charge in [0.15, 0.2) is 0 Å². The van der Waals surface area contributed by atoms with Gasteiger partial charge in [-0.05, 0) is 109 Å². The summed E-state index contributed by atoms with van der Waals surface area (Å²) < 4.78 is 32.8. The summed E-state index contributed by atoms with van der Waals surface area (Å²) in [5, 5.41) is 25.3. The van der Waals surface area contributed by atoms with Gasteiger partial charge in [-0.15, -0.1) is 0 Å². The number of aliphatic hydroxyl groups excluding tert-OH is 2. The lowest BCUT2D eigenvalue weighted by Gasteiger charge is -2.64. The maximum atomic E-state index is 13.0.